The molecule has 1 atom stereocenters. The molecule has 0 radical (unpaired) electrons. The molecule has 0 aliphatic heterocycles. The Morgan fingerprint density at radius 2 is 2.00 bits per heavy atom. The summed E-state index contributed by atoms with van der Waals surface area (Å²) in [6, 6.07) is 9.28. The largest absolute Gasteiger partial charge is 0.493 e. The number of hydrogen-bond donors (Lipinski definition) is 2. The second-order valence-corrected chi connectivity index (χ2v) is 5.57. The number of methoxy groups -OCH3 is 2. The third-order valence-electron chi connectivity index (χ3n) is 2.79. The highest BCUT2D eigenvalue weighted by atomic mass is 35.5. The Hall–Kier alpha value is -1.27. The lowest BCUT2D eigenvalue weighted by Gasteiger charge is -2.19. The first-order valence-electron chi connectivity index (χ1n) is 5.63. The molecule has 2 rings (SSSR count). The van der Waals surface area contributed by atoms with Crippen LogP contribution < -0.4 is 20.7 Å². The van der Waals surface area contributed by atoms with Crippen LogP contribution in [-0.4, -0.2) is 14.2 Å². The van der Waals surface area contributed by atoms with Crippen molar-refractivity contribution in [1.82, 2.24) is 5.43 Å². The van der Waals surface area contributed by atoms with E-state index in [1.807, 2.05) is 30.3 Å². The highest BCUT2D eigenvalue weighted by Gasteiger charge is 2.21. The maximum absolute atomic E-state index is 5.98. The molecular formula is C13H15ClN2O2S. The molecule has 0 fully saturated rings. The normalized spacial score (nSPS) is 12.2. The van der Waals surface area contributed by atoms with Crippen LogP contribution in [0.5, 0.6) is 11.5 Å². The fraction of sp³-hybridized carbons (Fsp3) is 0.231. The van der Waals surface area contributed by atoms with Crippen molar-refractivity contribution in [2.45, 2.75) is 6.04 Å². The van der Waals surface area contributed by atoms with Crippen molar-refractivity contribution in [1.29, 1.82) is 0 Å². The number of para-hydroxylation sites is 1. The zero-order chi connectivity index (χ0) is 13.8. The first kappa shape index (κ1) is 14.1. The molecule has 2 aromatic rings. The lowest BCUT2D eigenvalue weighted by atomic mass is 10.0. The molecule has 4 nitrogen and oxygen atoms in total. The minimum Gasteiger partial charge on any atom is -0.493 e. The fourth-order valence-electron chi connectivity index (χ4n) is 1.95. The first-order chi connectivity index (χ1) is 9.21. The average Bonchev–Trinajstić information content (AvgIpc) is 2.85. The number of nitrogens with one attached hydrogen (secondary N) is 1. The third-order valence-corrected chi connectivity index (χ3v) is 4.09. The van der Waals surface area contributed by atoms with Gasteiger partial charge in [-0.3, -0.25) is 5.84 Å². The standard InChI is InChI=1S/C13H15ClN2O2S/c1-17-9-5-3-4-8(13(9)18-2)12(16-15)10-6-7-11(14)19-10/h3-7,12,16H,15H2,1-2H3. The Balaban J connectivity index is 2.49. The molecule has 1 heterocycles. The van der Waals surface area contributed by atoms with Crippen LogP contribution in [0.4, 0.5) is 0 Å². The molecule has 0 saturated heterocycles. The van der Waals surface area contributed by atoms with Gasteiger partial charge in [-0.25, -0.2) is 5.43 Å². The molecule has 102 valence electrons. The van der Waals surface area contributed by atoms with Crippen LogP contribution in [0.25, 0.3) is 0 Å². The van der Waals surface area contributed by atoms with Gasteiger partial charge in [0.05, 0.1) is 24.6 Å². The Bertz CT molecular complexity index is 559. The zero-order valence-electron chi connectivity index (χ0n) is 10.6. The van der Waals surface area contributed by atoms with E-state index >= 15 is 0 Å². The molecule has 1 aromatic heterocycles. The number of hydrazine groups is 1. The molecule has 3 N–H and O–H groups in total. The highest BCUT2D eigenvalue weighted by molar-refractivity contribution is 7.16. The minimum atomic E-state index is -0.192. The molecule has 0 spiro atoms. The van der Waals surface area contributed by atoms with E-state index in [4.69, 9.17) is 26.9 Å². The molecule has 0 aliphatic rings. The molecule has 1 aromatic carbocycles. The predicted molar refractivity (Wildman–Crippen MR) is 78.0 cm³/mol. The van der Waals surface area contributed by atoms with E-state index in [0.717, 1.165) is 14.8 Å². The average molecular weight is 299 g/mol. The van der Waals surface area contributed by atoms with Crippen LogP contribution in [0.2, 0.25) is 4.34 Å². The monoisotopic (exact) mass is 298 g/mol. The molecule has 0 saturated carbocycles. The Morgan fingerprint density at radius 3 is 2.53 bits per heavy atom. The summed E-state index contributed by atoms with van der Waals surface area (Å²) in [5.74, 6) is 7.01. The van der Waals surface area contributed by atoms with Gasteiger partial charge in [0, 0.05) is 10.4 Å². The summed E-state index contributed by atoms with van der Waals surface area (Å²) in [6.07, 6.45) is 0. The molecule has 0 aliphatic carbocycles. The summed E-state index contributed by atoms with van der Waals surface area (Å²) in [7, 11) is 3.21. The summed E-state index contributed by atoms with van der Waals surface area (Å²) < 4.78 is 11.4. The number of halogens is 1. The number of ether oxygens (including phenoxy) is 2. The lowest BCUT2D eigenvalue weighted by Crippen LogP contribution is -2.28. The summed E-state index contributed by atoms with van der Waals surface area (Å²) in [4.78, 5) is 1.01. The quantitative estimate of drug-likeness (QED) is 0.658. The molecular weight excluding hydrogens is 284 g/mol. The van der Waals surface area contributed by atoms with Crippen LogP contribution in [0.1, 0.15) is 16.5 Å². The van der Waals surface area contributed by atoms with Gasteiger partial charge >= 0.3 is 0 Å². The zero-order valence-corrected chi connectivity index (χ0v) is 12.2. The Kier molecular flexibility index (Phi) is 4.66. The minimum absolute atomic E-state index is 0.192. The SMILES string of the molecule is COc1cccc(C(NN)c2ccc(Cl)s2)c1OC. The number of nitrogens with two attached hydrogens (primary N) is 1. The van der Waals surface area contributed by atoms with Gasteiger partial charge in [-0.2, -0.15) is 0 Å². The van der Waals surface area contributed by atoms with E-state index in [0.29, 0.717) is 11.5 Å². The van der Waals surface area contributed by atoms with Gasteiger partial charge in [0.1, 0.15) is 0 Å². The summed E-state index contributed by atoms with van der Waals surface area (Å²) >= 11 is 7.45. The second-order valence-electron chi connectivity index (χ2n) is 3.82. The van der Waals surface area contributed by atoms with E-state index in [1.165, 1.54) is 11.3 Å². The van der Waals surface area contributed by atoms with E-state index in [-0.39, 0.29) is 6.04 Å². The van der Waals surface area contributed by atoms with E-state index in [1.54, 1.807) is 14.2 Å². The summed E-state index contributed by atoms with van der Waals surface area (Å²) in [6.45, 7) is 0. The topological polar surface area (TPSA) is 56.5 Å². The van der Waals surface area contributed by atoms with Gasteiger partial charge in [-0.05, 0) is 18.2 Å². The lowest BCUT2D eigenvalue weighted by molar-refractivity contribution is 0.349. The van der Waals surface area contributed by atoms with Crippen molar-refractivity contribution < 1.29 is 9.47 Å². The van der Waals surface area contributed by atoms with Crippen molar-refractivity contribution in [3.8, 4) is 11.5 Å². The van der Waals surface area contributed by atoms with Crippen LogP contribution >= 0.6 is 22.9 Å². The molecule has 0 amide bonds. The van der Waals surface area contributed by atoms with Gasteiger partial charge < -0.3 is 9.47 Å². The molecule has 19 heavy (non-hydrogen) atoms. The molecule has 0 bridgehead atoms. The second kappa shape index (κ2) is 6.25. The van der Waals surface area contributed by atoms with Gasteiger partial charge in [0.2, 0.25) is 0 Å². The highest BCUT2D eigenvalue weighted by Crippen LogP contribution is 2.39. The van der Waals surface area contributed by atoms with Crippen LogP contribution in [0, 0.1) is 0 Å². The number of rotatable bonds is 5. The van der Waals surface area contributed by atoms with Gasteiger partial charge in [-0.15, -0.1) is 11.3 Å². The summed E-state index contributed by atoms with van der Waals surface area (Å²) in [5, 5.41) is 0. The van der Waals surface area contributed by atoms with Crippen molar-refractivity contribution in [2.24, 2.45) is 5.84 Å². The number of hydrogen-bond acceptors (Lipinski definition) is 5. The Labute approximate surface area is 121 Å². The first-order valence-corrected chi connectivity index (χ1v) is 6.83. The van der Waals surface area contributed by atoms with Crippen molar-refractivity contribution in [3.63, 3.8) is 0 Å². The third kappa shape index (κ3) is 2.84. The molecule has 6 heteroatoms. The summed E-state index contributed by atoms with van der Waals surface area (Å²) in [5.41, 5.74) is 3.70. The van der Waals surface area contributed by atoms with Gasteiger partial charge in [-0.1, -0.05) is 23.7 Å². The number of benzene rings is 1. The van der Waals surface area contributed by atoms with E-state index in [9.17, 15) is 0 Å². The van der Waals surface area contributed by atoms with Crippen LogP contribution in [0.3, 0.4) is 0 Å². The van der Waals surface area contributed by atoms with Crippen molar-refractivity contribution >= 4 is 22.9 Å². The smallest absolute Gasteiger partial charge is 0.165 e. The Morgan fingerprint density at radius 1 is 1.21 bits per heavy atom. The van der Waals surface area contributed by atoms with Crippen molar-refractivity contribution in [3.05, 3.63) is 45.1 Å². The van der Waals surface area contributed by atoms with Gasteiger partial charge in [0.25, 0.3) is 0 Å². The van der Waals surface area contributed by atoms with Crippen molar-refractivity contribution in [2.75, 3.05) is 14.2 Å². The maximum atomic E-state index is 5.98. The predicted octanol–water partition coefficient (Wildman–Crippen LogP) is 2.97. The van der Waals surface area contributed by atoms with Gasteiger partial charge in [0.15, 0.2) is 11.5 Å². The fourth-order valence-corrected chi connectivity index (χ4v) is 3.09. The van der Waals surface area contributed by atoms with Crippen LogP contribution in [-0.2, 0) is 0 Å². The van der Waals surface area contributed by atoms with E-state index in [2.05, 4.69) is 5.43 Å². The number of thiophene rings is 1. The van der Waals surface area contributed by atoms with Crippen LogP contribution in [0.15, 0.2) is 30.3 Å². The molecule has 1 unspecified atom stereocenters. The maximum Gasteiger partial charge on any atom is 0.165 e. The van der Waals surface area contributed by atoms with E-state index < -0.39 is 0 Å².